The molecule has 1 aromatic carbocycles. The Kier molecular flexibility index (Phi) is 4.50. The zero-order valence-corrected chi connectivity index (χ0v) is 11.5. The Bertz CT molecular complexity index is 576. The number of oxime groups is 1. The fourth-order valence-corrected chi connectivity index (χ4v) is 2.61. The Morgan fingerprint density at radius 2 is 2.20 bits per heavy atom. The summed E-state index contributed by atoms with van der Waals surface area (Å²) in [6.45, 7) is 2.13. The highest BCUT2D eigenvalue weighted by Crippen LogP contribution is 2.35. The van der Waals surface area contributed by atoms with Gasteiger partial charge in [0.15, 0.2) is 0 Å². The van der Waals surface area contributed by atoms with Crippen LogP contribution in [0.15, 0.2) is 35.0 Å². The molecule has 0 spiro atoms. The van der Waals surface area contributed by atoms with Crippen molar-refractivity contribution < 1.29 is 10.1 Å². The summed E-state index contributed by atoms with van der Waals surface area (Å²) in [6.07, 6.45) is 4.70. The van der Waals surface area contributed by atoms with E-state index in [1.807, 2.05) is 6.07 Å². The zero-order chi connectivity index (χ0) is 14.5. The number of non-ortho nitro benzene ring substituents is 1. The summed E-state index contributed by atoms with van der Waals surface area (Å²) in [5.74, 6) is 0. The second-order valence-electron chi connectivity index (χ2n) is 4.94. The van der Waals surface area contributed by atoms with Crippen LogP contribution in [0.25, 0.3) is 5.57 Å². The molecule has 0 saturated heterocycles. The number of rotatable bonds is 5. The van der Waals surface area contributed by atoms with Crippen LogP contribution in [-0.4, -0.2) is 15.8 Å². The molecule has 106 valence electrons. The van der Waals surface area contributed by atoms with Crippen LogP contribution in [0.5, 0.6) is 0 Å². The summed E-state index contributed by atoms with van der Waals surface area (Å²) in [7, 11) is 0. The average Bonchev–Trinajstić information content (AvgIpc) is 2.88. The van der Waals surface area contributed by atoms with Gasteiger partial charge >= 0.3 is 0 Å². The predicted octanol–water partition coefficient (Wildman–Crippen LogP) is 4.16. The summed E-state index contributed by atoms with van der Waals surface area (Å²) in [5, 5.41) is 23.4. The molecule has 0 fully saturated rings. The number of hydrogen-bond donors (Lipinski definition) is 1. The van der Waals surface area contributed by atoms with E-state index in [2.05, 4.69) is 12.1 Å². The van der Waals surface area contributed by atoms with Crippen molar-refractivity contribution in [2.24, 2.45) is 5.16 Å². The number of allylic oxidation sites excluding steroid dienone is 2. The van der Waals surface area contributed by atoms with Crippen LogP contribution in [0.3, 0.4) is 0 Å². The fourth-order valence-electron chi connectivity index (χ4n) is 2.61. The Labute approximate surface area is 117 Å². The van der Waals surface area contributed by atoms with Crippen LogP contribution in [0.2, 0.25) is 0 Å². The van der Waals surface area contributed by atoms with Crippen LogP contribution in [0.4, 0.5) is 5.69 Å². The monoisotopic (exact) mass is 274 g/mol. The molecule has 0 amide bonds. The third-order valence-corrected chi connectivity index (χ3v) is 3.60. The van der Waals surface area contributed by atoms with E-state index in [4.69, 9.17) is 5.21 Å². The molecule has 5 heteroatoms. The second kappa shape index (κ2) is 6.32. The molecule has 5 nitrogen and oxygen atoms in total. The van der Waals surface area contributed by atoms with E-state index in [0.29, 0.717) is 12.1 Å². The molecule has 1 aromatic rings. The third kappa shape index (κ3) is 2.87. The van der Waals surface area contributed by atoms with Crippen LogP contribution in [0, 0.1) is 10.1 Å². The topological polar surface area (TPSA) is 75.7 Å². The molecule has 20 heavy (non-hydrogen) atoms. The molecule has 0 unspecified atom stereocenters. The third-order valence-electron chi connectivity index (χ3n) is 3.60. The molecule has 0 aromatic heterocycles. The van der Waals surface area contributed by atoms with Gasteiger partial charge in [-0.15, -0.1) is 0 Å². The van der Waals surface area contributed by atoms with Crippen molar-refractivity contribution in [2.45, 2.75) is 39.0 Å². The van der Waals surface area contributed by atoms with Crippen molar-refractivity contribution in [3.63, 3.8) is 0 Å². The summed E-state index contributed by atoms with van der Waals surface area (Å²) >= 11 is 0. The lowest BCUT2D eigenvalue weighted by Crippen LogP contribution is -1.98. The fraction of sp³-hybridized carbons (Fsp3) is 0.400. The van der Waals surface area contributed by atoms with E-state index in [1.54, 1.807) is 12.1 Å². The van der Waals surface area contributed by atoms with E-state index in [0.717, 1.165) is 36.8 Å². The van der Waals surface area contributed by atoms with Crippen molar-refractivity contribution in [1.29, 1.82) is 0 Å². The lowest BCUT2D eigenvalue weighted by atomic mass is 9.97. The number of nitrogens with zero attached hydrogens (tertiary/aromatic N) is 2. The van der Waals surface area contributed by atoms with Gasteiger partial charge in [-0.25, -0.2) is 0 Å². The van der Waals surface area contributed by atoms with Gasteiger partial charge in [-0.3, -0.25) is 10.1 Å². The summed E-state index contributed by atoms with van der Waals surface area (Å²) < 4.78 is 0. The maximum absolute atomic E-state index is 10.9. The molecule has 2 rings (SSSR count). The van der Waals surface area contributed by atoms with Crippen molar-refractivity contribution in [3.8, 4) is 0 Å². The first-order valence-electron chi connectivity index (χ1n) is 6.85. The number of benzene rings is 1. The lowest BCUT2D eigenvalue weighted by molar-refractivity contribution is -0.384. The quantitative estimate of drug-likeness (QED) is 0.497. The summed E-state index contributed by atoms with van der Waals surface area (Å²) in [4.78, 5) is 10.5. The largest absolute Gasteiger partial charge is 0.411 e. The predicted molar refractivity (Wildman–Crippen MR) is 78.0 cm³/mol. The van der Waals surface area contributed by atoms with E-state index in [1.165, 1.54) is 11.6 Å². The lowest BCUT2D eigenvalue weighted by Gasteiger charge is -2.07. The minimum atomic E-state index is -0.402. The Hall–Kier alpha value is -2.17. The molecule has 1 aliphatic rings. The second-order valence-corrected chi connectivity index (χ2v) is 4.94. The number of nitro benzene ring substituents is 1. The summed E-state index contributed by atoms with van der Waals surface area (Å²) in [5.41, 5.74) is 3.60. The zero-order valence-electron chi connectivity index (χ0n) is 11.5. The highest BCUT2D eigenvalue weighted by molar-refractivity contribution is 6.26. The van der Waals surface area contributed by atoms with Gasteiger partial charge in [0, 0.05) is 17.7 Å². The van der Waals surface area contributed by atoms with Crippen LogP contribution in [0.1, 0.15) is 44.6 Å². The van der Waals surface area contributed by atoms with Crippen molar-refractivity contribution in [1.82, 2.24) is 0 Å². The molecule has 1 N–H and O–H groups in total. The van der Waals surface area contributed by atoms with Crippen molar-refractivity contribution in [2.75, 3.05) is 0 Å². The van der Waals surface area contributed by atoms with Gasteiger partial charge in [0.1, 0.15) is 0 Å². The molecule has 0 saturated carbocycles. The molecule has 0 heterocycles. The highest BCUT2D eigenvalue weighted by atomic mass is 16.6. The summed E-state index contributed by atoms with van der Waals surface area (Å²) in [6, 6.07) is 6.54. The molecular weight excluding hydrogens is 256 g/mol. The van der Waals surface area contributed by atoms with Gasteiger partial charge < -0.3 is 5.21 Å². The van der Waals surface area contributed by atoms with E-state index in [9.17, 15) is 10.1 Å². The van der Waals surface area contributed by atoms with Crippen molar-refractivity contribution >= 4 is 17.0 Å². The number of unbranched alkanes of at least 4 members (excludes halogenated alkanes) is 1. The minimum absolute atomic E-state index is 0.0639. The molecule has 0 atom stereocenters. The standard InChI is InChI=1S/C15H18N2O3/c1-2-3-5-11-8-9-14(16-18)15(11)12-6-4-7-13(10-12)17(19)20/h4,6-7,10,18H,2-3,5,8-9H2,1H3/b16-14+. The molecular formula is C15H18N2O3. The molecule has 0 bridgehead atoms. The Balaban J connectivity index is 2.44. The molecule has 0 aliphatic heterocycles. The first-order valence-corrected chi connectivity index (χ1v) is 6.85. The Morgan fingerprint density at radius 3 is 2.85 bits per heavy atom. The number of hydrogen-bond acceptors (Lipinski definition) is 4. The van der Waals surface area contributed by atoms with Crippen LogP contribution < -0.4 is 0 Å². The van der Waals surface area contributed by atoms with Gasteiger partial charge in [0.2, 0.25) is 0 Å². The molecule has 1 aliphatic carbocycles. The smallest absolute Gasteiger partial charge is 0.270 e. The normalized spacial score (nSPS) is 16.9. The number of nitro groups is 1. The minimum Gasteiger partial charge on any atom is -0.411 e. The van der Waals surface area contributed by atoms with E-state index < -0.39 is 4.92 Å². The molecule has 0 radical (unpaired) electrons. The van der Waals surface area contributed by atoms with Crippen LogP contribution >= 0.6 is 0 Å². The first-order chi connectivity index (χ1) is 9.67. The maximum Gasteiger partial charge on any atom is 0.270 e. The average molecular weight is 274 g/mol. The van der Waals surface area contributed by atoms with E-state index >= 15 is 0 Å². The first kappa shape index (κ1) is 14.2. The maximum atomic E-state index is 10.9. The van der Waals surface area contributed by atoms with Crippen molar-refractivity contribution in [3.05, 3.63) is 45.5 Å². The van der Waals surface area contributed by atoms with Gasteiger partial charge in [-0.1, -0.05) is 36.2 Å². The highest BCUT2D eigenvalue weighted by Gasteiger charge is 2.23. The van der Waals surface area contributed by atoms with E-state index in [-0.39, 0.29) is 5.69 Å². The van der Waals surface area contributed by atoms with Gasteiger partial charge in [-0.2, -0.15) is 0 Å². The van der Waals surface area contributed by atoms with Gasteiger partial charge in [0.25, 0.3) is 5.69 Å². The van der Waals surface area contributed by atoms with Crippen LogP contribution in [-0.2, 0) is 0 Å². The Morgan fingerprint density at radius 1 is 1.40 bits per heavy atom. The van der Waals surface area contributed by atoms with Gasteiger partial charge in [-0.05, 0) is 31.2 Å². The SMILES string of the molecule is CCCCC1=C(c2cccc([N+](=O)[O-])c2)/C(=N/O)CC1. The van der Waals surface area contributed by atoms with Gasteiger partial charge in [0.05, 0.1) is 10.6 Å².